The van der Waals surface area contributed by atoms with E-state index in [1.54, 1.807) is 18.2 Å². The highest BCUT2D eigenvalue weighted by Crippen LogP contribution is 1.99. The predicted molar refractivity (Wildman–Crippen MR) is 51.2 cm³/mol. The van der Waals surface area contributed by atoms with Gasteiger partial charge in [0.15, 0.2) is 5.43 Å². The lowest BCUT2D eigenvalue weighted by atomic mass is 10.1. The largest absolute Gasteiger partial charge is 0.290 e. The van der Waals surface area contributed by atoms with E-state index in [2.05, 4.69) is 6.58 Å². The summed E-state index contributed by atoms with van der Waals surface area (Å²) in [4.78, 5) is 10.9. The molecule has 12 heavy (non-hydrogen) atoms. The Balaban J connectivity index is 2.82. The zero-order chi connectivity index (χ0) is 8.81. The Morgan fingerprint density at radius 2 is 2.08 bits per heavy atom. The molecule has 1 heteroatoms. The van der Waals surface area contributed by atoms with E-state index in [0.717, 1.165) is 12.8 Å². The van der Waals surface area contributed by atoms with Gasteiger partial charge >= 0.3 is 0 Å². The third-order valence-electron chi connectivity index (χ3n) is 1.67. The van der Waals surface area contributed by atoms with Crippen molar-refractivity contribution in [1.29, 1.82) is 0 Å². The molecule has 1 nitrogen and oxygen atoms in total. The van der Waals surface area contributed by atoms with Crippen LogP contribution in [0.5, 0.6) is 0 Å². The first-order valence-corrected chi connectivity index (χ1v) is 4.03. The van der Waals surface area contributed by atoms with Crippen LogP contribution in [0.4, 0.5) is 0 Å². The van der Waals surface area contributed by atoms with Gasteiger partial charge in [-0.2, -0.15) is 0 Å². The summed E-state index contributed by atoms with van der Waals surface area (Å²) in [5, 5.41) is 0. The van der Waals surface area contributed by atoms with Crippen LogP contribution in [-0.2, 0) is 6.42 Å². The summed E-state index contributed by atoms with van der Waals surface area (Å²) in [5.74, 6) is 0. The molecule has 0 fully saturated rings. The molecule has 0 N–H and O–H groups in total. The fourth-order valence-electron chi connectivity index (χ4n) is 1.00. The molecule has 0 bridgehead atoms. The SMILES string of the molecule is C=CCCc1cccc(=O)cc1. The van der Waals surface area contributed by atoms with Crippen LogP contribution in [0.2, 0.25) is 0 Å². The van der Waals surface area contributed by atoms with Gasteiger partial charge in [-0.3, -0.25) is 4.79 Å². The van der Waals surface area contributed by atoms with Gasteiger partial charge in [0.1, 0.15) is 0 Å². The minimum atomic E-state index is 0.0554. The highest BCUT2D eigenvalue weighted by Gasteiger charge is 1.87. The van der Waals surface area contributed by atoms with Crippen molar-refractivity contribution in [3.8, 4) is 0 Å². The van der Waals surface area contributed by atoms with Gasteiger partial charge in [-0.1, -0.05) is 24.3 Å². The fraction of sp³-hybridized carbons (Fsp3) is 0.182. The van der Waals surface area contributed by atoms with Crippen LogP contribution >= 0.6 is 0 Å². The molecule has 62 valence electrons. The monoisotopic (exact) mass is 160 g/mol. The Hall–Kier alpha value is -1.37. The molecule has 0 unspecified atom stereocenters. The lowest BCUT2D eigenvalue weighted by Crippen LogP contribution is -1.88. The Morgan fingerprint density at radius 1 is 1.25 bits per heavy atom. The Bertz CT molecular complexity index is 315. The molecule has 0 aliphatic carbocycles. The average molecular weight is 160 g/mol. The standard InChI is InChI=1S/C11H12O/c1-2-3-5-10-6-4-7-11(12)9-8-10/h2,4,6-9H,1,3,5H2. The summed E-state index contributed by atoms with van der Waals surface area (Å²) in [6.45, 7) is 3.65. The van der Waals surface area contributed by atoms with Crippen molar-refractivity contribution in [1.82, 2.24) is 0 Å². The molecule has 0 saturated heterocycles. The zero-order valence-corrected chi connectivity index (χ0v) is 6.99. The Labute approximate surface area is 72.4 Å². The second kappa shape index (κ2) is 4.50. The summed E-state index contributed by atoms with van der Waals surface area (Å²) < 4.78 is 0. The molecule has 0 aromatic heterocycles. The first kappa shape index (κ1) is 8.72. The third kappa shape index (κ3) is 2.70. The fourth-order valence-corrected chi connectivity index (χ4v) is 1.00. The molecular formula is C11H12O. The van der Waals surface area contributed by atoms with Crippen LogP contribution < -0.4 is 5.43 Å². The van der Waals surface area contributed by atoms with E-state index in [4.69, 9.17) is 0 Å². The van der Waals surface area contributed by atoms with Crippen LogP contribution in [0.1, 0.15) is 12.0 Å². The minimum Gasteiger partial charge on any atom is -0.290 e. The van der Waals surface area contributed by atoms with Gasteiger partial charge in [-0.05, 0) is 30.5 Å². The normalized spacial score (nSPS) is 9.33. The molecule has 0 amide bonds. The van der Waals surface area contributed by atoms with Gasteiger partial charge in [-0.25, -0.2) is 0 Å². The van der Waals surface area contributed by atoms with Crippen LogP contribution in [-0.4, -0.2) is 0 Å². The summed E-state index contributed by atoms with van der Waals surface area (Å²) in [5.41, 5.74) is 1.23. The van der Waals surface area contributed by atoms with E-state index in [9.17, 15) is 4.79 Å². The van der Waals surface area contributed by atoms with E-state index in [1.807, 2.05) is 18.2 Å². The highest BCUT2D eigenvalue weighted by atomic mass is 16.1. The van der Waals surface area contributed by atoms with Gasteiger partial charge in [0, 0.05) is 0 Å². The average Bonchev–Trinajstić information content (AvgIpc) is 2.27. The topological polar surface area (TPSA) is 17.1 Å². The van der Waals surface area contributed by atoms with Crippen molar-refractivity contribution in [2.24, 2.45) is 0 Å². The van der Waals surface area contributed by atoms with Crippen molar-refractivity contribution in [3.63, 3.8) is 0 Å². The molecule has 0 saturated carbocycles. The van der Waals surface area contributed by atoms with E-state index in [0.29, 0.717) is 0 Å². The van der Waals surface area contributed by atoms with Gasteiger partial charge < -0.3 is 0 Å². The van der Waals surface area contributed by atoms with Gasteiger partial charge in [0.25, 0.3) is 0 Å². The van der Waals surface area contributed by atoms with Crippen LogP contribution in [0.25, 0.3) is 0 Å². The van der Waals surface area contributed by atoms with Crippen molar-refractivity contribution >= 4 is 0 Å². The lowest BCUT2D eigenvalue weighted by molar-refractivity contribution is 1.01. The number of aryl methyl sites for hydroxylation is 1. The van der Waals surface area contributed by atoms with Crippen molar-refractivity contribution < 1.29 is 0 Å². The van der Waals surface area contributed by atoms with Gasteiger partial charge in [0.05, 0.1) is 0 Å². The summed E-state index contributed by atoms with van der Waals surface area (Å²) in [7, 11) is 0. The smallest absolute Gasteiger partial charge is 0.178 e. The first-order chi connectivity index (χ1) is 5.83. The van der Waals surface area contributed by atoms with Crippen molar-refractivity contribution in [2.45, 2.75) is 12.8 Å². The number of hydrogen-bond acceptors (Lipinski definition) is 1. The number of rotatable bonds is 3. The number of allylic oxidation sites excluding steroid dienone is 1. The summed E-state index contributed by atoms with van der Waals surface area (Å²) in [6, 6.07) is 8.79. The van der Waals surface area contributed by atoms with E-state index in [-0.39, 0.29) is 5.43 Å². The molecule has 0 heterocycles. The van der Waals surface area contributed by atoms with Crippen LogP contribution in [0, 0.1) is 0 Å². The maximum absolute atomic E-state index is 10.9. The van der Waals surface area contributed by atoms with Gasteiger partial charge in [-0.15, -0.1) is 6.58 Å². The maximum atomic E-state index is 10.9. The van der Waals surface area contributed by atoms with E-state index >= 15 is 0 Å². The predicted octanol–water partition coefficient (Wildman–Crippen LogP) is 2.17. The third-order valence-corrected chi connectivity index (χ3v) is 1.67. The molecule has 0 atom stereocenters. The minimum absolute atomic E-state index is 0.0554. The lowest BCUT2D eigenvalue weighted by Gasteiger charge is -1.91. The summed E-state index contributed by atoms with van der Waals surface area (Å²) >= 11 is 0. The molecule has 0 radical (unpaired) electrons. The quantitative estimate of drug-likeness (QED) is 0.619. The van der Waals surface area contributed by atoms with Crippen LogP contribution in [0.15, 0.2) is 47.8 Å². The zero-order valence-electron chi connectivity index (χ0n) is 6.99. The summed E-state index contributed by atoms with van der Waals surface area (Å²) in [6.07, 6.45) is 3.79. The molecule has 0 spiro atoms. The van der Waals surface area contributed by atoms with Crippen LogP contribution in [0.3, 0.4) is 0 Å². The maximum Gasteiger partial charge on any atom is 0.178 e. The molecular weight excluding hydrogens is 148 g/mol. The number of hydrogen-bond donors (Lipinski definition) is 0. The molecule has 0 aliphatic rings. The highest BCUT2D eigenvalue weighted by molar-refractivity contribution is 5.14. The molecule has 1 aromatic rings. The van der Waals surface area contributed by atoms with Crippen molar-refractivity contribution in [2.75, 3.05) is 0 Å². The van der Waals surface area contributed by atoms with E-state index in [1.165, 1.54) is 5.56 Å². The second-order valence-corrected chi connectivity index (χ2v) is 2.66. The van der Waals surface area contributed by atoms with Crippen molar-refractivity contribution in [3.05, 3.63) is 58.8 Å². The second-order valence-electron chi connectivity index (χ2n) is 2.66. The Morgan fingerprint density at radius 3 is 2.83 bits per heavy atom. The molecule has 0 aliphatic heterocycles. The Kier molecular flexibility index (Phi) is 3.27. The molecule has 1 rings (SSSR count). The van der Waals surface area contributed by atoms with E-state index < -0.39 is 0 Å². The molecule has 1 aromatic carbocycles. The first-order valence-electron chi connectivity index (χ1n) is 4.03. The van der Waals surface area contributed by atoms with Gasteiger partial charge in [0.2, 0.25) is 0 Å².